The second kappa shape index (κ2) is 10.5. The van der Waals surface area contributed by atoms with Crippen molar-refractivity contribution in [1.29, 1.82) is 0 Å². The zero-order valence-electron chi connectivity index (χ0n) is 21.7. The van der Waals surface area contributed by atoms with E-state index in [0.29, 0.717) is 47.6 Å². The van der Waals surface area contributed by atoms with Gasteiger partial charge < -0.3 is 4.74 Å². The molecule has 0 saturated carbocycles. The Labute approximate surface area is 235 Å². The van der Waals surface area contributed by atoms with Crippen LogP contribution in [0.1, 0.15) is 28.7 Å². The van der Waals surface area contributed by atoms with Gasteiger partial charge in [0.2, 0.25) is 0 Å². The molecule has 5 aromatic rings. The van der Waals surface area contributed by atoms with Crippen LogP contribution in [0.3, 0.4) is 0 Å². The predicted molar refractivity (Wildman–Crippen MR) is 144 cm³/mol. The van der Waals surface area contributed by atoms with Crippen molar-refractivity contribution < 1.29 is 35.9 Å². The van der Waals surface area contributed by atoms with Crippen molar-refractivity contribution in [2.75, 3.05) is 0 Å². The van der Waals surface area contributed by atoms with Gasteiger partial charge in [-0.05, 0) is 42.7 Å². The van der Waals surface area contributed by atoms with Crippen LogP contribution in [-0.2, 0) is 23.9 Å². The van der Waals surface area contributed by atoms with Crippen LogP contribution in [0.15, 0.2) is 78.9 Å². The smallest absolute Gasteiger partial charge is 0.418 e. The van der Waals surface area contributed by atoms with E-state index >= 15 is 0 Å². The molecule has 0 spiro atoms. The average Bonchev–Trinajstić information content (AvgIpc) is 3.32. The van der Waals surface area contributed by atoms with Crippen molar-refractivity contribution >= 4 is 22.8 Å². The molecule has 0 unspecified atom stereocenters. The number of allylic oxidation sites excluding steroid dienone is 2. The van der Waals surface area contributed by atoms with Gasteiger partial charge in [-0.25, -0.2) is 13.2 Å². The summed E-state index contributed by atoms with van der Waals surface area (Å²) in [7, 11) is 0. The minimum Gasteiger partial charge on any atom is -0.457 e. The third kappa shape index (κ3) is 4.93. The fraction of sp³-hybridized carbons (Fsp3) is 0.125. The van der Waals surface area contributed by atoms with E-state index in [0.717, 1.165) is 28.2 Å². The van der Waals surface area contributed by atoms with Crippen molar-refractivity contribution in [3.05, 3.63) is 119 Å². The zero-order chi connectivity index (χ0) is 29.6. The lowest BCUT2D eigenvalue weighted by atomic mass is 9.91. The Morgan fingerprint density at radius 1 is 0.929 bits per heavy atom. The number of halogens is 6. The molecule has 212 valence electrons. The Balaban J connectivity index is 1.48. The van der Waals surface area contributed by atoms with Crippen molar-refractivity contribution in [3.63, 3.8) is 0 Å². The number of hydrogen-bond acceptors (Lipinski definition) is 3. The van der Waals surface area contributed by atoms with Crippen LogP contribution in [0, 0.1) is 17.5 Å². The summed E-state index contributed by atoms with van der Waals surface area (Å²) in [6, 6.07) is 16.4. The van der Waals surface area contributed by atoms with E-state index in [-0.39, 0.29) is 11.1 Å². The molecule has 0 radical (unpaired) electrons. The Bertz CT molecular complexity index is 1870. The Hall–Kier alpha value is -4.86. The number of nitrogens with zero attached hydrogens (tertiary/aromatic N) is 2. The topological polar surface area (TPSA) is 44.1 Å². The van der Waals surface area contributed by atoms with Gasteiger partial charge in [0.1, 0.15) is 40.8 Å². The number of rotatable bonds is 6. The first-order valence-corrected chi connectivity index (χ1v) is 12.9. The number of fused-ring (bicyclic) bond motifs is 2. The molecule has 0 bridgehead atoms. The monoisotopic (exact) mass is 578 g/mol. The van der Waals surface area contributed by atoms with Gasteiger partial charge in [0.25, 0.3) is 0 Å². The Morgan fingerprint density at radius 2 is 1.67 bits per heavy atom. The number of ether oxygens (including phenoxy) is 1. The highest BCUT2D eigenvalue weighted by atomic mass is 19.4. The number of hydrogen-bond donors (Lipinski definition) is 0. The first-order chi connectivity index (χ1) is 20.1. The largest absolute Gasteiger partial charge is 0.457 e. The van der Waals surface area contributed by atoms with Crippen molar-refractivity contribution in [2.45, 2.75) is 25.6 Å². The summed E-state index contributed by atoms with van der Waals surface area (Å²) < 4.78 is 91.7. The molecule has 0 atom stereocenters. The molecular formula is C32H20F6N2O2. The Kier molecular flexibility index (Phi) is 6.84. The summed E-state index contributed by atoms with van der Waals surface area (Å²) in [6.07, 6.45) is -0.793. The minimum absolute atomic E-state index is 0.0998. The highest BCUT2D eigenvalue weighted by Crippen LogP contribution is 2.40. The fourth-order valence-electron chi connectivity index (χ4n) is 5.29. The first kappa shape index (κ1) is 27.3. The number of carbonyl (C=O) groups excluding carboxylic acids is 1. The Morgan fingerprint density at radius 3 is 2.40 bits per heavy atom. The molecule has 1 heterocycles. The maximum atomic E-state index is 14.6. The van der Waals surface area contributed by atoms with E-state index in [4.69, 9.17) is 4.74 Å². The van der Waals surface area contributed by atoms with Crippen molar-refractivity contribution in [2.24, 2.45) is 0 Å². The molecule has 1 aliphatic rings. The molecule has 6 rings (SSSR count). The van der Waals surface area contributed by atoms with Gasteiger partial charge in [0.05, 0.1) is 17.8 Å². The summed E-state index contributed by atoms with van der Waals surface area (Å²) in [5.74, 6) is -2.64. The van der Waals surface area contributed by atoms with Crippen LogP contribution in [0.25, 0.3) is 27.7 Å². The van der Waals surface area contributed by atoms with Crippen LogP contribution in [-0.4, -0.2) is 16.1 Å². The van der Waals surface area contributed by atoms with E-state index in [1.807, 2.05) is 12.1 Å². The quantitative estimate of drug-likeness (QED) is 0.150. The summed E-state index contributed by atoms with van der Waals surface area (Å²) >= 11 is 0. The maximum Gasteiger partial charge on any atom is 0.418 e. The van der Waals surface area contributed by atoms with Gasteiger partial charge in [0.15, 0.2) is 0 Å². The summed E-state index contributed by atoms with van der Waals surface area (Å²) in [6.45, 7) is -0.600. The van der Waals surface area contributed by atoms with E-state index in [1.54, 1.807) is 36.4 Å². The third-order valence-electron chi connectivity index (χ3n) is 7.15. The lowest BCUT2D eigenvalue weighted by Gasteiger charge is -2.18. The second-order valence-corrected chi connectivity index (χ2v) is 9.78. The lowest BCUT2D eigenvalue weighted by molar-refractivity contribution is -0.136. The van der Waals surface area contributed by atoms with Crippen LogP contribution >= 0.6 is 0 Å². The van der Waals surface area contributed by atoms with E-state index in [2.05, 4.69) is 5.10 Å². The molecule has 0 amide bonds. The van der Waals surface area contributed by atoms with Gasteiger partial charge in [-0.3, -0.25) is 9.48 Å². The minimum atomic E-state index is -4.74. The molecular weight excluding hydrogens is 558 g/mol. The molecule has 0 N–H and O–H groups in total. The lowest BCUT2D eigenvalue weighted by Crippen LogP contribution is -2.09. The normalized spacial score (nSPS) is 13.1. The van der Waals surface area contributed by atoms with Gasteiger partial charge >= 0.3 is 6.18 Å². The summed E-state index contributed by atoms with van der Waals surface area (Å²) in [5, 5.41) is 4.23. The maximum absolute atomic E-state index is 14.6. The molecule has 42 heavy (non-hydrogen) atoms. The number of benzene rings is 4. The van der Waals surface area contributed by atoms with Crippen LogP contribution in [0.5, 0.6) is 11.5 Å². The zero-order valence-corrected chi connectivity index (χ0v) is 21.7. The molecule has 0 fully saturated rings. The highest BCUT2D eigenvalue weighted by Gasteiger charge is 2.35. The van der Waals surface area contributed by atoms with Gasteiger partial charge in [-0.2, -0.15) is 18.3 Å². The first-order valence-electron chi connectivity index (χ1n) is 12.9. The van der Waals surface area contributed by atoms with Gasteiger partial charge in [-0.1, -0.05) is 42.5 Å². The standard InChI is InChI=1S/C32H20F6N2O2/c33-20-14-27(34)25(28(35)15-20)16-40-31(24-10-3-11-26(30(24)39-40)32(36,37)38)18-5-1-7-21(13-18)42-29-12-4-8-22-19(17-41)6-2-9-23(22)29/h1,3-8,10-15,17H,2,9,16H2. The molecule has 0 aliphatic heterocycles. The van der Waals surface area contributed by atoms with Crippen molar-refractivity contribution in [1.82, 2.24) is 9.78 Å². The summed E-state index contributed by atoms with van der Waals surface area (Å²) in [4.78, 5) is 11.5. The SMILES string of the molecule is O=CC1=CCCc2c(Oc3cccc(-c4c5cccc(C(F)(F)F)c5nn4Cc4c(F)cc(F)cc4F)c3)cccc21. The van der Waals surface area contributed by atoms with Crippen LogP contribution in [0.4, 0.5) is 26.3 Å². The fourth-order valence-corrected chi connectivity index (χ4v) is 5.29. The number of aldehydes is 1. The second-order valence-electron chi connectivity index (χ2n) is 9.78. The van der Waals surface area contributed by atoms with E-state index in [9.17, 15) is 31.1 Å². The van der Waals surface area contributed by atoms with Crippen molar-refractivity contribution in [3.8, 4) is 22.8 Å². The molecule has 1 aromatic heterocycles. The average molecular weight is 579 g/mol. The summed E-state index contributed by atoms with van der Waals surface area (Å²) in [5.41, 5.74) is 0.730. The van der Waals surface area contributed by atoms with Crippen LogP contribution < -0.4 is 4.74 Å². The molecule has 10 heteroatoms. The molecule has 4 nitrogen and oxygen atoms in total. The molecule has 4 aromatic carbocycles. The van der Waals surface area contributed by atoms with Gasteiger partial charge in [0, 0.05) is 39.8 Å². The number of aromatic nitrogens is 2. The number of carbonyl (C=O) groups is 1. The highest BCUT2D eigenvalue weighted by molar-refractivity contribution is 6.08. The predicted octanol–water partition coefficient (Wildman–Crippen LogP) is 8.51. The third-order valence-corrected chi connectivity index (χ3v) is 7.15. The van der Waals surface area contributed by atoms with Gasteiger partial charge in [-0.15, -0.1) is 0 Å². The molecule has 0 saturated heterocycles. The van der Waals surface area contributed by atoms with E-state index < -0.39 is 46.8 Å². The number of alkyl halides is 3. The van der Waals surface area contributed by atoms with Crippen LogP contribution in [0.2, 0.25) is 0 Å². The van der Waals surface area contributed by atoms with E-state index in [1.165, 1.54) is 12.1 Å². The molecule has 1 aliphatic carbocycles.